The van der Waals surface area contributed by atoms with E-state index in [-0.39, 0.29) is 15.9 Å². The van der Waals surface area contributed by atoms with Gasteiger partial charge in [0.05, 0.1) is 12.3 Å². The fourth-order valence-electron chi connectivity index (χ4n) is 1.02. The SMILES string of the molecule is CC(C)(C)[Si](C)(C)OCc1ccc(O)c(Cl)n1. The number of aromatic hydroxyl groups is 1. The van der Waals surface area contributed by atoms with Crippen molar-refractivity contribution in [3.63, 3.8) is 0 Å². The van der Waals surface area contributed by atoms with Crippen molar-refractivity contribution in [2.45, 2.75) is 45.5 Å². The molecule has 1 N–H and O–H groups in total. The van der Waals surface area contributed by atoms with Gasteiger partial charge in [-0.2, -0.15) is 0 Å². The zero-order valence-corrected chi connectivity index (χ0v) is 12.8. The van der Waals surface area contributed by atoms with Gasteiger partial charge in [-0.15, -0.1) is 0 Å². The zero-order valence-electron chi connectivity index (χ0n) is 11.0. The van der Waals surface area contributed by atoms with E-state index in [1.165, 1.54) is 0 Å². The summed E-state index contributed by atoms with van der Waals surface area (Å²) < 4.78 is 6.01. The van der Waals surface area contributed by atoms with Crippen LogP contribution in [-0.2, 0) is 11.0 Å². The Balaban J connectivity index is 2.71. The first-order valence-corrected chi connectivity index (χ1v) is 8.90. The Kier molecular flexibility index (Phi) is 4.22. The van der Waals surface area contributed by atoms with Crippen molar-refractivity contribution < 1.29 is 9.53 Å². The summed E-state index contributed by atoms with van der Waals surface area (Å²) in [6.45, 7) is 11.4. The topological polar surface area (TPSA) is 42.4 Å². The summed E-state index contributed by atoms with van der Waals surface area (Å²) in [6, 6.07) is 3.27. The maximum absolute atomic E-state index is 9.27. The van der Waals surface area contributed by atoms with E-state index in [1.54, 1.807) is 12.1 Å². The number of hydrogen-bond donors (Lipinski definition) is 1. The van der Waals surface area contributed by atoms with Crippen molar-refractivity contribution in [1.29, 1.82) is 0 Å². The first kappa shape index (κ1) is 14.5. The van der Waals surface area contributed by atoms with Gasteiger partial charge in [-0.05, 0) is 30.3 Å². The van der Waals surface area contributed by atoms with E-state index in [0.717, 1.165) is 5.69 Å². The fourth-order valence-corrected chi connectivity index (χ4v) is 2.13. The van der Waals surface area contributed by atoms with E-state index in [0.29, 0.717) is 6.61 Å². The lowest BCUT2D eigenvalue weighted by Crippen LogP contribution is -2.40. The summed E-state index contributed by atoms with van der Waals surface area (Å²) in [5, 5.41) is 9.58. The minimum Gasteiger partial charge on any atom is -0.505 e. The van der Waals surface area contributed by atoms with Crippen LogP contribution in [0.15, 0.2) is 12.1 Å². The third-order valence-corrected chi connectivity index (χ3v) is 8.03. The number of halogens is 1. The largest absolute Gasteiger partial charge is 0.505 e. The number of rotatable bonds is 3. The molecule has 0 saturated heterocycles. The van der Waals surface area contributed by atoms with Gasteiger partial charge in [0.1, 0.15) is 0 Å². The van der Waals surface area contributed by atoms with Crippen LogP contribution in [-0.4, -0.2) is 18.4 Å². The van der Waals surface area contributed by atoms with E-state index in [1.807, 2.05) is 0 Å². The molecule has 96 valence electrons. The summed E-state index contributed by atoms with van der Waals surface area (Å²) in [5.74, 6) is 0.00254. The molecule has 0 spiro atoms. The first-order valence-electron chi connectivity index (χ1n) is 5.62. The molecular weight excluding hydrogens is 254 g/mol. The van der Waals surface area contributed by atoms with Gasteiger partial charge in [0.2, 0.25) is 0 Å². The van der Waals surface area contributed by atoms with E-state index in [9.17, 15) is 5.11 Å². The normalized spacial score (nSPS) is 12.8. The van der Waals surface area contributed by atoms with Crippen LogP contribution >= 0.6 is 11.6 Å². The predicted octanol–water partition coefficient (Wildman–Crippen LogP) is 3.96. The third-order valence-electron chi connectivity index (χ3n) is 3.27. The fraction of sp³-hybridized carbons (Fsp3) is 0.583. The lowest BCUT2D eigenvalue weighted by atomic mass is 10.2. The second-order valence-corrected chi connectivity index (χ2v) is 10.8. The van der Waals surface area contributed by atoms with Crippen LogP contribution in [0.25, 0.3) is 0 Å². The van der Waals surface area contributed by atoms with Crippen LogP contribution in [0.4, 0.5) is 0 Å². The van der Waals surface area contributed by atoms with E-state index < -0.39 is 8.32 Å². The summed E-state index contributed by atoms with van der Waals surface area (Å²) in [4.78, 5) is 4.07. The van der Waals surface area contributed by atoms with Crippen LogP contribution in [0.1, 0.15) is 26.5 Å². The molecule has 5 heteroatoms. The lowest BCUT2D eigenvalue weighted by Gasteiger charge is -2.36. The third kappa shape index (κ3) is 3.69. The number of pyridine rings is 1. The average molecular weight is 274 g/mol. The Morgan fingerprint density at radius 1 is 1.35 bits per heavy atom. The molecule has 0 atom stereocenters. The molecule has 1 aromatic rings. The Bertz CT molecular complexity index is 402. The second-order valence-electron chi connectivity index (χ2n) is 5.66. The average Bonchev–Trinajstić information content (AvgIpc) is 2.18. The van der Waals surface area contributed by atoms with Crippen LogP contribution in [0.3, 0.4) is 0 Å². The molecule has 0 fully saturated rings. The molecule has 0 radical (unpaired) electrons. The van der Waals surface area contributed by atoms with Gasteiger partial charge in [0.25, 0.3) is 0 Å². The van der Waals surface area contributed by atoms with Crippen molar-refractivity contribution in [1.82, 2.24) is 4.98 Å². The number of nitrogens with zero attached hydrogens (tertiary/aromatic N) is 1. The molecule has 1 rings (SSSR count). The maximum atomic E-state index is 9.27. The van der Waals surface area contributed by atoms with E-state index in [2.05, 4.69) is 38.8 Å². The molecule has 0 aliphatic carbocycles. The standard InChI is InChI=1S/C12H20ClNO2Si/c1-12(2,3)17(4,5)16-8-9-6-7-10(15)11(13)14-9/h6-7,15H,8H2,1-5H3. The Morgan fingerprint density at radius 3 is 2.41 bits per heavy atom. The molecule has 3 nitrogen and oxygen atoms in total. The maximum Gasteiger partial charge on any atom is 0.192 e. The van der Waals surface area contributed by atoms with Crippen molar-refractivity contribution in [2.75, 3.05) is 0 Å². The first-order chi connectivity index (χ1) is 7.63. The number of hydrogen-bond acceptors (Lipinski definition) is 3. The van der Waals surface area contributed by atoms with Gasteiger partial charge in [-0.1, -0.05) is 32.4 Å². The smallest absolute Gasteiger partial charge is 0.192 e. The molecule has 0 aromatic carbocycles. The monoisotopic (exact) mass is 273 g/mol. The molecule has 0 aliphatic rings. The molecule has 0 amide bonds. The molecule has 1 aromatic heterocycles. The van der Waals surface area contributed by atoms with Crippen LogP contribution < -0.4 is 0 Å². The van der Waals surface area contributed by atoms with E-state index in [4.69, 9.17) is 16.0 Å². The predicted molar refractivity (Wildman–Crippen MR) is 72.9 cm³/mol. The van der Waals surface area contributed by atoms with Gasteiger partial charge >= 0.3 is 0 Å². The molecule has 0 unspecified atom stereocenters. The zero-order chi connectivity index (χ0) is 13.3. The Labute approximate surface area is 109 Å². The minimum atomic E-state index is -1.76. The van der Waals surface area contributed by atoms with Gasteiger partial charge in [-0.3, -0.25) is 0 Å². The van der Waals surface area contributed by atoms with Crippen molar-refractivity contribution >= 4 is 19.9 Å². The highest BCUT2D eigenvalue weighted by molar-refractivity contribution is 6.74. The summed E-state index contributed by atoms with van der Waals surface area (Å²) in [6.07, 6.45) is 0. The highest BCUT2D eigenvalue weighted by atomic mass is 35.5. The summed E-state index contributed by atoms with van der Waals surface area (Å²) in [5.41, 5.74) is 0.748. The molecule has 0 bridgehead atoms. The summed E-state index contributed by atoms with van der Waals surface area (Å²) in [7, 11) is -1.76. The highest BCUT2D eigenvalue weighted by Crippen LogP contribution is 2.37. The van der Waals surface area contributed by atoms with Gasteiger partial charge < -0.3 is 9.53 Å². The quantitative estimate of drug-likeness (QED) is 0.669. The highest BCUT2D eigenvalue weighted by Gasteiger charge is 2.37. The van der Waals surface area contributed by atoms with Gasteiger partial charge in [-0.25, -0.2) is 4.98 Å². The van der Waals surface area contributed by atoms with Crippen molar-refractivity contribution in [3.8, 4) is 5.75 Å². The minimum absolute atomic E-state index is 0.00254. The molecular formula is C12H20ClNO2Si. The number of aromatic nitrogens is 1. The molecule has 1 heterocycles. The van der Waals surface area contributed by atoms with Crippen LogP contribution in [0.2, 0.25) is 23.3 Å². The van der Waals surface area contributed by atoms with Crippen molar-refractivity contribution in [3.05, 3.63) is 23.0 Å². The van der Waals surface area contributed by atoms with Crippen LogP contribution in [0.5, 0.6) is 5.75 Å². The Hall–Kier alpha value is -0.583. The molecule has 17 heavy (non-hydrogen) atoms. The second kappa shape index (κ2) is 4.96. The Morgan fingerprint density at radius 2 is 1.94 bits per heavy atom. The lowest BCUT2D eigenvalue weighted by molar-refractivity contribution is 0.272. The van der Waals surface area contributed by atoms with Gasteiger partial charge in [0, 0.05) is 0 Å². The summed E-state index contributed by atoms with van der Waals surface area (Å²) >= 11 is 5.75. The molecule has 0 saturated carbocycles. The van der Waals surface area contributed by atoms with Crippen molar-refractivity contribution in [2.24, 2.45) is 0 Å². The van der Waals surface area contributed by atoms with Crippen LogP contribution in [0, 0.1) is 0 Å². The van der Waals surface area contributed by atoms with Gasteiger partial charge in [0.15, 0.2) is 19.2 Å². The van der Waals surface area contributed by atoms with E-state index >= 15 is 0 Å². The molecule has 0 aliphatic heterocycles.